The second-order valence-electron chi connectivity index (χ2n) is 8.07. The predicted octanol–water partition coefficient (Wildman–Crippen LogP) is 2.96. The molecular weight excluding hydrogens is 410 g/mol. The number of hydrogen-bond acceptors (Lipinski definition) is 6. The zero-order valence-electron chi connectivity index (χ0n) is 17.5. The Bertz CT molecular complexity index is 1100. The summed E-state index contributed by atoms with van der Waals surface area (Å²) in [5.74, 6) is 0.787. The fourth-order valence-electron chi connectivity index (χ4n) is 4.46. The summed E-state index contributed by atoms with van der Waals surface area (Å²) in [5, 5.41) is 3.10. The van der Waals surface area contributed by atoms with Gasteiger partial charge in [-0.25, -0.2) is 9.97 Å². The molecular formula is C23H25N5O2S. The van der Waals surface area contributed by atoms with Gasteiger partial charge in [-0.3, -0.25) is 9.59 Å². The highest BCUT2D eigenvalue weighted by Crippen LogP contribution is 2.29. The van der Waals surface area contributed by atoms with Gasteiger partial charge in [-0.1, -0.05) is 19.1 Å². The number of hydrogen-bond donors (Lipinski definition) is 0. The van der Waals surface area contributed by atoms with E-state index in [1.165, 1.54) is 5.56 Å². The molecule has 0 spiro atoms. The maximum atomic E-state index is 13.1. The van der Waals surface area contributed by atoms with Crippen LogP contribution in [0.5, 0.6) is 0 Å². The Morgan fingerprint density at radius 3 is 2.61 bits per heavy atom. The van der Waals surface area contributed by atoms with Gasteiger partial charge in [0.2, 0.25) is 11.8 Å². The molecule has 0 saturated carbocycles. The molecule has 1 aromatic carbocycles. The van der Waals surface area contributed by atoms with Crippen molar-refractivity contribution >= 4 is 44.9 Å². The molecule has 4 heterocycles. The van der Waals surface area contributed by atoms with E-state index < -0.39 is 0 Å². The predicted molar refractivity (Wildman–Crippen MR) is 122 cm³/mol. The first-order valence-electron chi connectivity index (χ1n) is 10.8. The Morgan fingerprint density at radius 1 is 1.10 bits per heavy atom. The normalized spacial score (nSPS) is 19.5. The number of aromatic nitrogens is 2. The fourth-order valence-corrected chi connectivity index (χ4v) is 5.19. The van der Waals surface area contributed by atoms with E-state index in [0.717, 1.165) is 41.2 Å². The van der Waals surface area contributed by atoms with E-state index in [0.29, 0.717) is 19.6 Å². The first-order valence-corrected chi connectivity index (χ1v) is 11.6. The Kier molecular flexibility index (Phi) is 5.31. The first kappa shape index (κ1) is 19.9. The zero-order chi connectivity index (χ0) is 21.4. The van der Waals surface area contributed by atoms with Crippen molar-refractivity contribution in [3.8, 4) is 0 Å². The van der Waals surface area contributed by atoms with Gasteiger partial charge in [0.15, 0.2) is 0 Å². The molecule has 2 amide bonds. The largest absolute Gasteiger partial charge is 0.352 e. The minimum Gasteiger partial charge on any atom is -0.352 e. The molecule has 1 unspecified atom stereocenters. The number of anilines is 2. The van der Waals surface area contributed by atoms with Gasteiger partial charge in [0, 0.05) is 44.8 Å². The summed E-state index contributed by atoms with van der Waals surface area (Å²) in [6.45, 7) is 5.32. The van der Waals surface area contributed by atoms with Crippen LogP contribution < -0.4 is 9.80 Å². The van der Waals surface area contributed by atoms with E-state index in [9.17, 15) is 9.59 Å². The maximum absolute atomic E-state index is 13.1. The standard InChI is InChI=1S/C23H25N5O2S/c1-2-16-3-5-18(6-4-16)28-14-17(13-20(28)29)23(30)27-10-8-26(9-11-27)21-19-7-12-31-22(19)25-15-24-21/h3-7,12,15,17H,2,8-11,13-14H2,1H3. The summed E-state index contributed by atoms with van der Waals surface area (Å²) < 4.78 is 0. The molecule has 2 aromatic heterocycles. The van der Waals surface area contributed by atoms with Crippen LogP contribution in [0.1, 0.15) is 18.9 Å². The van der Waals surface area contributed by atoms with Gasteiger partial charge in [-0.05, 0) is 35.6 Å². The van der Waals surface area contributed by atoms with Gasteiger partial charge in [0.1, 0.15) is 17.0 Å². The second-order valence-corrected chi connectivity index (χ2v) is 8.97. The van der Waals surface area contributed by atoms with Crippen LogP contribution in [-0.4, -0.2) is 59.4 Å². The Hall–Kier alpha value is -3.00. The SMILES string of the molecule is CCc1ccc(N2CC(C(=O)N3CCN(c4ncnc5sccc45)CC3)CC2=O)cc1. The molecule has 1 atom stereocenters. The highest BCUT2D eigenvalue weighted by atomic mass is 32.1. The smallest absolute Gasteiger partial charge is 0.228 e. The molecule has 2 aliphatic rings. The number of aryl methyl sites for hydroxylation is 1. The van der Waals surface area contributed by atoms with Gasteiger partial charge >= 0.3 is 0 Å². The Morgan fingerprint density at radius 2 is 1.87 bits per heavy atom. The highest BCUT2D eigenvalue weighted by Gasteiger charge is 2.38. The molecule has 0 N–H and O–H groups in total. The van der Waals surface area contributed by atoms with E-state index in [1.54, 1.807) is 22.6 Å². The molecule has 2 saturated heterocycles. The third kappa shape index (κ3) is 3.76. The minimum absolute atomic E-state index is 0.0297. The summed E-state index contributed by atoms with van der Waals surface area (Å²) >= 11 is 1.61. The summed E-state index contributed by atoms with van der Waals surface area (Å²) in [6, 6.07) is 10.1. The third-order valence-electron chi connectivity index (χ3n) is 6.26. The monoisotopic (exact) mass is 435 g/mol. The van der Waals surface area contributed by atoms with Crippen molar-refractivity contribution in [3.05, 3.63) is 47.6 Å². The summed E-state index contributed by atoms with van der Waals surface area (Å²) in [7, 11) is 0. The zero-order valence-corrected chi connectivity index (χ0v) is 18.3. The number of nitrogens with zero attached hydrogens (tertiary/aromatic N) is 5. The van der Waals surface area contributed by atoms with Crippen molar-refractivity contribution < 1.29 is 9.59 Å². The van der Waals surface area contributed by atoms with Crippen molar-refractivity contribution in [1.82, 2.24) is 14.9 Å². The lowest BCUT2D eigenvalue weighted by atomic mass is 10.1. The molecule has 0 radical (unpaired) electrons. The quantitative estimate of drug-likeness (QED) is 0.630. The average molecular weight is 436 g/mol. The number of thiophene rings is 1. The van der Waals surface area contributed by atoms with Gasteiger partial charge in [-0.2, -0.15) is 0 Å². The number of fused-ring (bicyclic) bond motifs is 1. The van der Waals surface area contributed by atoms with Crippen LogP contribution in [0.4, 0.5) is 11.5 Å². The molecule has 2 fully saturated rings. The van der Waals surface area contributed by atoms with E-state index in [1.807, 2.05) is 22.4 Å². The lowest BCUT2D eigenvalue weighted by Gasteiger charge is -2.36. The van der Waals surface area contributed by atoms with E-state index in [2.05, 4.69) is 40.0 Å². The summed E-state index contributed by atoms with van der Waals surface area (Å²) in [4.78, 5) is 41.4. The number of amides is 2. The van der Waals surface area contributed by atoms with Crippen LogP contribution >= 0.6 is 11.3 Å². The second kappa shape index (κ2) is 8.26. The minimum atomic E-state index is -0.271. The topological polar surface area (TPSA) is 69.6 Å². The van der Waals surface area contributed by atoms with Crippen molar-refractivity contribution in [2.24, 2.45) is 5.92 Å². The lowest BCUT2D eigenvalue weighted by Crippen LogP contribution is -2.51. The number of benzene rings is 1. The van der Waals surface area contributed by atoms with Crippen LogP contribution in [0.15, 0.2) is 42.0 Å². The van der Waals surface area contributed by atoms with Crippen LogP contribution in [0.2, 0.25) is 0 Å². The number of rotatable bonds is 4. The van der Waals surface area contributed by atoms with E-state index >= 15 is 0 Å². The molecule has 3 aromatic rings. The first-order chi connectivity index (χ1) is 15.1. The average Bonchev–Trinajstić information content (AvgIpc) is 3.45. The maximum Gasteiger partial charge on any atom is 0.228 e. The third-order valence-corrected chi connectivity index (χ3v) is 7.08. The van der Waals surface area contributed by atoms with Crippen molar-refractivity contribution in [2.45, 2.75) is 19.8 Å². The molecule has 0 aliphatic carbocycles. The molecule has 0 bridgehead atoms. The van der Waals surface area contributed by atoms with Gasteiger partial charge < -0.3 is 14.7 Å². The van der Waals surface area contributed by atoms with Crippen LogP contribution in [-0.2, 0) is 16.0 Å². The highest BCUT2D eigenvalue weighted by molar-refractivity contribution is 7.16. The molecule has 2 aliphatic heterocycles. The van der Waals surface area contributed by atoms with Crippen LogP contribution in [0.3, 0.4) is 0 Å². The Balaban J connectivity index is 1.22. The number of piperazine rings is 1. The van der Waals surface area contributed by atoms with E-state index in [-0.39, 0.29) is 24.2 Å². The molecule has 7 nitrogen and oxygen atoms in total. The number of carbonyl (C=O) groups excluding carboxylic acids is 2. The fraction of sp³-hybridized carbons (Fsp3) is 0.391. The summed E-state index contributed by atoms with van der Waals surface area (Å²) in [6.07, 6.45) is 2.86. The van der Waals surface area contributed by atoms with Crippen molar-refractivity contribution in [2.75, 3.05) is 42.5 Å². The van der Waals surface area contributed by atoms with Gasteiger partial charge in [-0.15, -0.1) is 11.3 Å². The molecule has 5 rings (SSSR count). The van der Waals surface area contributed by atoms with Crippen molar-refractivity contribution in [3.63, 3.8) is 0 Å². The lowest BCUT2D eigenvalue weighted by molar-refractivity contribution is -0.136. The van der Waals surface area contributed by atoms with Gasteiger partial charge in [0.25, 0.3) is 0 Å². The molecule has 31 heavy (non-hydrogen) atoms. The van der Waals surface area contributed by atoms with Crippen LogP contribution in [0.25, 0.3) is 10.2 Å². The molecule has 160 valence electrons. The van der Waals surface area contributed by atoms with E-state index in [4.69, 9.17) is 0 Å². The Labute approximate surface area is 185 Å². The van der Waals surface area contributed by atoms with Crippen molar-refractivity contribution in [1.29, 1.82) is 0 Å². The summed E-state index contributed by atoms with van der Waals surface area (Å²) in [5.41, 5.74) is 2.12. The van der Waals surface area contributed by atoms with Crippen LogP contribution in [0, 0.1) is 5.92 Å². The molecule has 8 heteroatoms. The van der Waals surface area contributed by atoms with Gasteiger partial charge in [0.05, 0.1) is 11.3 Å². The number of carbonyl (C=O) groups is 2.